The van der Waals surface area contributed by atoms with Crippen LogP contribution >= 0.6 is 0 Å². The van der Waals surface area contributed by atoms with E-state index in [0.29, 0.717) is 12.3 Å². The number of nitrogens with zero attached hydrogens (tertiary/aromatic N) is 2. The zero-order chi connectivity index (χ0) is 9.97. The summed E-state index contributed by atoms with van der Waals surface area (Å²) >= 11 is 0. The van der Waals surface area contributed by atoms with Crippen LogP contribution < -0.4 is 0 Å². The van der Waals surface area contributed by atoms with Gasteiger partial charge < -0.3 is 9.84 Å². The van der Waals surface area contributed by atoms with E-state index >= 15 is 0 Å². The van der Waals surface area contributed by atoms with Gasteiger partial charge in [-0.25, -0.2) is 0 Å². The summed E-state index contributed by atoms with van der Waals surface area (Å²) in [5, 5.41) is 9.93. The highest BCUT2D eigenvalue weighted by atomic mass is 16.5. The van der Waals surface area contributed by atoms with Crippen LogP contribution in [0.4, 0.5) is 0 Å². The van der Waals surface area contributed by atoms with E-state index in [-0.39, 0.29) is 5.92 Å². The predicted octanol–water partition coefficient (Wildman–Crippen LogP) is 0.855. The molecule has 0 spiro atoms. The lowest BCUT2D eigenvalue weighted by Gasteiger charge is -2.15. The van der Waals surface area contributed by atoms with Crippen LogP contribution in [0, 0.1) is 12.8 Å². The fourth-order valence-corrected chi connectivity index (χ4v) is 1.60. The Kier molecular flexibility index (Phi) is 2.74. The summed E-state index contributed by atoms with van der Waals surface area (Å²) in [6.45, 7) is 3.24. The Balaban J connectivity index is 2.09. The molecule has 1 aromatic heterocycles. The number of rotatable bonds is 2. The van der Waals surface area contributed by atoms with Gasteiger partial charge in [-0.15, -0.1) is 0 Å². The Morgan fingerprint density at radius 2 is 2.36 bits per heavy atom. The van der Waals surface area contributed by atoms with E-state index in [0.717, 1.165) is 18.7 Å². The fraction of sp³-hybridized carbons (Fsp3) is 0.600. The molecule has 14 heavy (non-hydrogen) atoms. The third-order valence-corrected chi connectivity index (χ3v) is 2.52. The van der Waals surface area contributed by atoms with Gasteiger partial charge in [-0.1, -0.05) is 0 Å². The summed E-state index contributed by atoms with van der Waals surface area (Å²) in [6, 6.07) is 0. The van der Waals surface area contributed by atoms with Crippen molar-refractivity contribution in [2.24, 2.45) is 5.92 Å². The van der Waals surface area contributed by atoms with E-state index < -0.39 is 6.10 Å². The molecule has 0 saturated carbocycles. The predicted molar refractivity (Wildman–Crippen MR) is 50.7 cm³/mol. The van der Waals surface area contributed by atoms with Gasteiger partial charge in [0.05, 0.1) is 24.2 Å². The number of aliphatic hydroxyl groups excluding tert-OH is 1. The van der Waals surface area contributed by atoms with Gasteiger partial charge in [0.1, 0.15) is 6.10 Å². The van der Waals surface area contributed by atoms with Crippen molar-refractivity contribution < 1.29 is 9.84 Å². The summed E-state index contributed by atoms with van der Waals surface area (Å²) in [5.74, 6) is 0.173. The minimum Gasteiger partial charge on any atom is -0.386 e. The van der Waals surface area contributed by atoms with Gasteiger partial charge >= 0.3 is 0 Å². The van der Waals surface area contributed by atoms with Crippen LogP contribution in [-0.4, -0.2) is 28.3 Å². The lowest BCUT2D eigenvalue weighted by molar-refractivity contribution is 0.0882. The first-order valence-electron chi connectivity index (χ1n) is 4.82. The van der Waals surface area contributed by atoms with Gasteiger partial charge in [-0.05, 0) is 13.3 Å². The third-order valence-electron chi connectivity index (χ3n) is 2.52. The van der Waals surface area contributed by atoms with Crippen molar-refractivity contribution in [2.45, 2.75) is 19.4 Å². The van der Waals surface area contributed by atoms with E-state index in [4.69, 9.17) is 4.74 Å². The normalized spacial score (nSPS) is 23.7. The molecule has 0 aromatic carbocycles. The van der Waals surface area contributed by atoms with Gasteiger partial charge in [0.25, 0.3) is 0 Å². The standard InChI is InChI=1S/C10H14N2O2/c1-7-4-12-9(5-11-7)10(13)8-2-3-14-6-8/h4-5,8,10,13H,2-3,6H2,1H3. The van der Waals surface area contributed by atoms with Gasteiger partial charge in [0, 0.05) is 18.7 Å². The van der Waals surface area contributed by atoms with E-state index in [1.807, 2.05) is 6.92 Å². The Bertz CT molecular complexity index is 293. The van der Waals surface area contributed by atoms with E-state index in [9.17, 15) is 5.11 Å². The highest BCUT2D eigenvalue weighted by Gasteiger charge is 2.26. The minimum absolute atomic E-state index is 0.173. The SMILES string of the molecule is Cc1cnc(C(O)C2CCOC2)cn1. The largest absolute Gasteiger partial charge is 0.386 e. The number of aryl methyl sites for hydroxylation is 1. The Hall–Kier alpha value is -1.00. The van der Waals surface area contributed by atoms with Crippen molar-refractivity contribution >= 4 is 0 Å². The summed E-state index contributed by atoms with van der Waals surface area (Å²) in [7, 11) is 0. The molecule has 76 valence electrons. The number of ether oxygens (including phenoxy) is 1. The van der Waals surface area contributed by atoms with Crippen LogP contribution in [0.1, 0.15) is 23.9 Å². The molecule has 1 aromatic rings. The molecule has 1 aliphatic rings. The molecule has 2 heterocycles. The van der Waals surface area contributed by atoms with Crippen LogP contribution in [0.5, 0.6) is 0 Å². The van der Waals surface area contributed by atoms with Gasteiger partial charge in [0.2, 0.25) is 0 Å². The molecule has 0 aliphatic carbocycles. The molecule has 0 amide bonds. The van der Waals surface area contributed by atoms with Crippen LogP contribution in [0.3, 0.4) is 0 Å². The van der Waals surface area contributed by atoms with Crippen molar-refractivity contribution in [3.05, 3.63) is 23.8 Å². The number of aliphatic hydroxyl groups is 1. The molecule has 0 radical (unpaired) electrons. The molecule has 1 fully saturated rings. The van der Waals surface area contributed by atoms with Crippen molar-refractivity contribution in [3.63, 3.8) is 0 Å². The quantitative estimate of drug-likeness (QED) is 0.758. The van der Waals surface area contributed by atoms with E-state index in [2.05, 4.69) is 9.97 Å². The fourth-order valence-electron chi connectivity index (χ4n) is 1.60. The average Bonchev–Trinajstić information content (AvgIpc) is 2.71. The van der Waals surface area contributed by atoms with E-state index in [1.54, 1.807) is 12.4 Å². The maximum Gasteiger partial charge on any atom is 0.103 e. The number of hydrogen-bond acceptors (Lipinski definition) is 4. The highest BCUT2D eigenvalue weighted by molar-refractivity contribution is 5.05. The maximum atomic E-state index is 9.93. The summed E-state index contributed by atoms with van der Waals surface area (Å²) in [5.41, 5.74) is 1.51. The molecular formula is C10H14N2O2. The molecule has 1 saturated heterocycles. The van der Waals surface area contributed by atoms with Crippen LogP contribution in [-0.2, 0) is 4.74 Å². The first-order chi connectivity index (χ1) is 6.77. The lowest BCUT2D eigenvalue weighted by atomic mass is 9.99. The van der Waals surface area contributed by atoms with Crippen molar-refractivity contribution in [2.75, 3.05) is 13.2 Å². The second kappa shape index (κ2) is 4.02. The van der Waals surface area contributed by atoms with E-state index in [1.165, 1.54) is 0 Å². The number of hydrogen-bond donors (Lipinski definition) is 1. The second-order valence-corrected chi connectivity index (χ2v) is 3.65. The molecular weight excluding hydrogens is 180 g/mol. The van der Waals surface area contributed by atoms with Crippen LogP contribution in [0.15, 0.2) is 12.4 Å². The van der Waals surface area contributed by atoms with Crippen molar-refractivity contribution in [1.29, 1.82) is 0 Å². The topological polar surface area (TPSA) is 55.2 Å². The monoisotopic (exact) mass is 194 g/mol. The zero-order valence-corrected chi connectivity index (χ0v) is 8.18. The Morgan fingerprint density at radius 3 is 2.93 bits per heavy atom. The summed E-state index contributed by atoms with van der Waals surface area (Å²) < 4.78 is 5.22. The first-order valence-corrected chi connectivity index (χ1v) is 4.82. The second-order valence-electron chi connectivity index (χ2n) is 3.65. The van der Waals surface area contributed by atoms with Gasteiger partial charge in [-0.2, -0.15) is 0 Å². The molecule has 2 unspecified atom stereocenters. The molecule has 4 heteroatoms. The van der Waals surface area contributed by atoms with Crippen LogP contribution in [0.2, 0.25) is 0 Å². The molecule has 0 bridgehead atoms. The first kappa shape index (κ1) is 9.55. The molecule has 1 aliphatic heterocycles. The third kappa shape index (κ3) is 1.91. The maximum absolute atomic E-state index is 9.93. The number of aromatic nitrogens is 2. The average molecular weight is 194 g/mol. The van der Waals surface area contributed by atoms with Gasteiger partial charge in [0.15, 0.2) is 0 Å². The van der Waals surface area contributed by atoms with Crippen molar-refractivity contribution in [3.8, 4) is 0 Å². The van der Waals surface area contributed by atoms with Crippen LogP contribution in [0.25, 0.3) is 0 Å². The Morgan fingerprint density at radius 1 is 1.50 bits per heavy atom. The van der Waals surface area contributed by atoms with Gasteiger partial charge in [-0.3, -0.25) is 9.97 Å². The lowest BCUT2D eigenvalue weighted by Crippen LogP contribution is -2.14. The highest BCUT2D eigenvalue weighted by Crippen LogP contribution is 2.26. The molecule has 4 nitrogen and oxygen atoms in total. The smallest absolute Gasteiger partial charge is 0.103 e. The van der Waals surface area contributed by atoms with Crippen molar-refractivity contribution in [1.82, 2.24) is 9.97 Å². The summed E-state index contributed by atoms with van der Waals surface area (Å²) in [4.78, 5) is 8.26. The molecule has 2 rings (SSSR count). The zero-order valence-electron chi connectivity index (χ0n) is 8.18. The molecule has 1 N–H and O–H groups in total. The Labute approximate surface area is 83.0 Å². The summed E-state index contributed by atoms with van der Waals surface area (Å²) in [6.07, 6.45) is 3.68. The minimum atomic E-state index is -0.536. The molecule has 2 atom stereocenters.